The van der Waals surface area contributed by atoms with Gasteiger partial charge >= 0.3 is 12.0 Å². The Labute approximate surface area is 191 Å². The van der Waals surface area contributed by atoms with Gasteiger partial charge in [-0.05, 0) is 25.0 Å². The predicted octanol–water partition coefficient (Wildman–Crippen LogP) is 2.81. The van der Waals surface area contributed by atoms with Crippen molar-refractivity contribution in [3.63, 3.8) is 0 Å². The lowest BCUT2D eigenvalue weighted by Crippen LogP contribution is -2.20. The van der Waals surface area contributed by atoms with Crippen LogP contribution in [0, 0.1) is 5.92 Å². The highest BCUT2D eigenvalue weighted by molar-refractivity contribution is 7.93. The van der Waals surface area contributed by atoms with Crippen LogP contribution < -0.4 is 10.6 Å². The number of carbonyl (C=O) groups is 3. The number of hydrogen-bond acceptors (Lipinski definition) is 9. The summed E-state index contributed by atoms with van der Waals surface area (Å²) in [6.45, 7) is 0. The third-order valence-corrected chi connectivity index (χ3v) is 8.07. The molecule has 4 rings (SSSR count). The SMILES string of the molecule is O=C(Nc1ccnc(C(=O)C2CCCC2)c1)Nc1nc(C(=O)O)c(S(=O)(=O)c2ncc[nH]2)s1. The molecule has 0 radical (unpaired) electrons. The van der Waals surface area contributed by atoms with E-state index in [4.69, 9.17) is 0 Å². The van der Waals surface area contributed by atoms with Crippen molar-refractivity contribution in [2.45, 2.75) is 35.0 Å². The van der Waals surface area contributed by atoms with E-state index in [2.05, 4.69) is 30.6 Å². The first-order chi connectivity index (χ1) is 15.8. The first-order valence-electron chi connectivity index (χ1n) is 9.82. The fourth-order valence-electron chi connectivity index (χ4n) is 3.46. The molecule has 2 amide bonds. The van der Waals surface area contributed by atoms with Crippen molar-refractivity contribution in [2.24, 2.45) is 5.92 Å². The number of aromatic nitrogens is 4. The fraction of sp³-hybridized carbons (Fsp3) is 0.263. The van der Waals surface area contributed by atoms with Gasteiger partial charge in [0.05, 0.1) is 0 Å². The maximum absolute atomic E-state index is 12.7. The van der Waals surface area contributed by atoms with E-state index in [9.17, 15) is 27.9 Å². The summed E-state index contributed by atoms with van der Waals surface area (Å²) in [5.74, 6) is -1.72. The predicted molar refractivity (Wildman–Crippen MR) is 116 cm³/mol. The number of amides is 2. The number of thiazole rings is 1. The van der Waals surface area contributed by atoms with Crippen LogP contribution in [0.5, 0.6) is 0 Å². The second kappa shape index (κ2) is 9.07. The van der Waals surface area contributed by atoms with Gasteiger partial charge in [-0.25, -0.2) is 28.0 Å². The van der Waals surface area contributed by atoms with Crippen molar-refractivity contribution in [3.05, 3.63) is 42.1 Å². The van der Waals surface area contributed by atoms with Crippen molar-refractivity contribution < 1.29 is 27.9 Å². The molecule has 1 fully saturated rings. The highest BCUT2D eigenvalue weighted by atomic mass is 32.2. The van der Waals surface area contributed by atoms with Crippen LogP contribution in [0.15, 0.2) is 40.1 Å². The third-order valence-electron chi connectivity index (χ3n) is 4.99. The molecule has 0 aliphatic heterocycles. The maximum atomic E-state index is 12.7. The van der Waals surface area contributed by atoms with Crippen LogP contribution in [0.25, 0.3) is 0 Å². The van der Waals surface area contributed by atoms with Crippen LogP contribution >= 0.6 is 11.3 Å². The number of aromatic carboxylic acids is 1. The molecule has 1 aliphatic carbocycles. The Hall–Kier alpha value is -3.65. The van der Waals surface area contributed by atoms with E-state index >= 15 is 0 Å². The molecule has 14 heteroatoms. The molecule has 12 nitrogen and oxygen atoms in total. The Balaban J connectivity index is 1.51. The highest BCUT2D eigenvalue weighted by Crippen LogP contribution is 2.31. The molecule has 3 heterocycles. The molecule has 0 saturated heterocycles. The minimum atomic E-state index is -4.28. The van der Waals surface area contributed by atoms with Crippen LogP contribution in [0.2, 0.25) is 0 Å². The summed E-state index contributed by atoms with van der Waals surface area (Å²) in [5.41, 5.74) is -0.198. The minimum Gasteiger partial charge on any atom is -0.476 e. The van der Waals surface area contributed by atoms with E-state index in [1.165, 1.54) is 30.7 Å². The summed E-state index contributed by atoms with van der Waals surface area (Å²) >= 11 is 0.478. The number of nitrogens with zero attached hydrogens (tertiary/aromatic N) is 3. The molecule has 3 aromatic heterocycles. The molecule has 33 heavy (non-hydrogen) atoms. The Morgan fingerprint density at radius 1 is 1.12 bits per heavy atom. The normalized spacial score (nSPS) is 14.2. The number of hydrogen-bond donors (Lipinski definition) is 4. The van der Waals surface area contributed by atoms with Crippen molar-refractivity contribution in [1.29, 1.82) is 0 Å². The zero-order valence-electron chi connectivity index (χ0n) is 16.9. The lowest BCUT2D eigenvalue weighted by molar-refractivity contribution is 0.0687. The summed E-state index contributed by atoms with van der Waals surface area (Å²) in [5, 5.41) is 13.5. The quantitative estimate of drug-likeness (QED) is 0.361. The summed E-state index contributed by atoms with van der Waals surface area (Å²) in [7, 11) is -4.28. The molecule has 0 bridgehead atoms. The molecule has 1 aliphatic rings. The van der Waals surface area contributed by atoms with Gasteiger partial charge in [-0.2, -0.15) is 0 Å². The summed E-state index contributed by atoms with van der Waals surface area (Å²) in [4.78, 5) is 50.4. The molecular weight excluding hydrogens is 472 g/mol. The van der Waals surface area contributed by atoms with Crippen molar-refractivity contribution in [2.75, 3.05) is 10.6 Å². The molecule has 0 spiro atoms. The number of imidazole rings is 1. The van der Waals surface area contributed by atoms with Gasteiger partial charge in [-0.1, -0.05) is 24.2 Å². The minimum absolute atomic E-state index is 0.0686. The summed E-state index contributed by atoms with van der Waals surface area (Å²) in [6.07, 6.45) is 7.53. The lowest BCUT2D eigenvalue weighted by atomic mass is 9.99. The van der Waals surface area contributed by atoms with Crippen LogP contribution in [0.3, 0.4) is 0 Å². The number of pyridine rings is 1. The second-order valence-electron chi connectivity index (χ2n) is 7.21. The number of carboxylic acid groups (broad SMARTS) is 1. The number of anilines is 2. The van der Waals surface area contributed by atoms with E-state index in [-0.39, 0.29) is 22.5 Å². The number of sulfone groups is 1. The fourth-order valence-corrected chi connectivity index (χ4v) is 6.05. The molecule has 0 atom stereocenters. The number of carbonyl (C=O) groups excluding carboxylic acids is 2. The second-order valence-corrected chi connectivity index (χ2v) is 10.3. The number of ketones is 1. The van der Waals surface area contributed by atoms with Gasteiger partial charge < -0.3 is 15.4 Å². The van der Waals surface area contributed by atoms with Crippen molar-refractivity contribution in [3.8, 4) is 0 Å². The smallest absolute Gasteiger partial charge is 0.356 e. The molecule has 0 aromatic carbocycles. The van der Waals surface area contributed by atoms with Crippen LogP contribution in [0.4, 0.5) is 15.6 Å². The van der Waals surface area contributed by atoms with Gasteiger partial charge in [0.2, 0.25) is 5.16 Å². The van der Waals surface area contributed by atoms with Crippen LogP contribution in [-0.2, 0) is 9.84 Å². The van der Waals surface area contributed by atoms with E-state index in [1.54, 1.807) is 0 Å². The highest BCUT2D eigenvalue weighted by Gasteiger charge is 2.32. The molecule has 1 saturated carbocycles. The number of H-pyrrole nitrogens is 1. The van der Waals surface area contributed by atoms with Gasteiger partial charge in [0, 0.05) is 30.2 Å². The lowest BCUT2D eigenvalue weighted by Gasteiger charge is -2.09. The van der Waals surface area contributed by atoms with E-state index in [1.807, 2.05) is 0 Å². The zero-order valence-corrected chi connectivity index (χ0v) is 18.6. The molecule has 4 N–H and O–H groups in total. The molecule has 172 valence electrons. The van der Waals surface area contributed by atoms with E-state index < -0.39 is 36.9 Å². The Morgan fingerprint density at radius 2 is 1.88 bits per heavy atom. The van der Waals surface area contributed by atoms with Crippen molar-refractivity contribution in [1.82, 2.24) is 19.9 Å². The monoisotopic (exact) mass is 490 g/mol. The molecule has 0 unspecified atom stereocenters. The van der Waals surface area contributed by atoms with Gasteiger partial charge in [0.25, 0.3) is 9.84 Å². The molecular formula is C19H18N6O6S2. The van der Waals surface area contributed by atoms with Crippen molar-refractivity contribution >= 4 is 49.8 Å². The van der Waals surface area contributed by atoms with Gasteiger partial charge in [-0.3, -0.25) is 15.1 Å². The first-order valence-corrected chi connectivity index (χ1v) is 12.1. The van der Waals surface area contributed by atoms with Crippen LogP contribution in [0.1, 0.15) is 46.7 Å². The van der Waals surface area contributed by atoms with E-state index in [0.717, 1.165) is 25.7 Å². The van der Waals surface area contributed by atoms with Gasteiger partial charge in [0.15, 0.2) is 20.8 Å². The number of carboxylic acids is 1. The summed E-state index contributed by atoms with van der Waals surface area (Å²) in [6, 6.07) is 2.15. The number of urea groups is 1. The standard InChI is InChI=1S/C19H18N6O6S2/c26-14(10-3-1-2-4-10)12-9-11(5-6-20-12)23-17(29)25-18-24-13(15(27)28)16(32-18)33(30,31)19-21-7-8-22-19/h5-10H,1-4H2,(H,21,22)(H,27,28)(H2,20,23,24,25,29). The number of nitrogens with one attached hydrogen (secondary N) is 3. The van der Waals surface area contributed by atoms with Gasteiger partial charge in [-0.15, -0.1) is 0 Å². The average Bonchev–Trinajstić information content (AvgIpc) is 3.55. The number of aromatic amines is 1. The summed E-state index contributed by atoms with van der Waals surface area (Å²) < 4.78 is 24.8. The third kappa shape index (κ3) is 4.75. The van der Waals surface area contributed by atoms with E-state index in [0.29, 0.717) is 17.0 Å². The van der Waals surface area contributed by atoms with Gasteiger partial charge in [0.1, 0.15) is 5.69 Å². The zero-order chi connectivity index (χ0) is 23.6. The Morgan fingerprint density at radius 3 is 2.55 bits per heavy atom. The number of rotatable bonds is 7. The molecule has 3 aromatic rings. The number of Topliss-reactive ketones (excluding diaryl/α,β-unsaturated/α-hetero) is 1. The Kier molecular flexibility index (Phi) is 6.20. The maximum Gasteiger partial charge on any atom is 0.356 e. The van der Waals surface area contributed by atoms with Crippen LogP contribution in [-0.4, -0.2) is 51.2 Å². The average molecular weight is 491 g/mol. The topological polar surface area (TPSA) is 184 Å². The Bertz CT molecular complexity index is 1310. The largest absolute Gasteiger partial charge is 0.476 e. The first kappa shape index (κ1) is 22.5.